The average molecular weight is 331 g/mol. The Morgan fingerprint density at radius 3 is 2.95 bits per heavy atom. The Kier molecular flexibility index (Phi) is 5.32. The molecule has 0 saturated heterocycles. The van der Waals surface area contributed by atoms with Gasteiger partial charge in [-0.3, -0.25) is 9.00 Å². The van der Waals surface area contributed by atoms with Crippen LogP contribution in [0.3, 0.4) is 0 Å². The maximum atomic E-state index is 11.3. The number of carbonyl (C=O) groups is 1. The van der Waals surface area contributed by atoms with Gasteiger partial charge in [-0.05, 0) is 11.4 Å². The first kappa shape index (κ1) is 15.2. The Bertz CT molecular complexity index is 610. The van der Waals surface area contributed by atoms with E-state index in [9.17, 15) is 9.00 Å². The Morgan fingerprint density at radius 1 is 1.55 bits per heavy atom. The van der Waals surface area contributed by atoms with Crippen molar-refractivity contribution in [1.82, 2.24) is 14.8 Å². The molecule has 1 N–H and O–H groups in total. The minimum Gasteiger partial charge on any atom is -0.481 e. The number of thioether (sulfide) groups is 1. The number of carboxylic acids is 1. The van der Waals surface area contributed by atoms with Crippen molar-refractivity contribution in [1.29, 1.82) is 0 Å². The maximum absolute atomic E-state index is 11.3. The molecule has 1 atom stereocenters. The molecule has 0 aliphatic carbocycles. The van der Waals surface area contributed by atoms with Crippen molar-refractivity contribution in [2.45, 2.75) is 11.7 Å². The third kappa shape index (κ3) is 3.90. The summed E-state index contributed by atoms with van der Waals surface area (Å²) in [7, 11) is -0.925. The number of rotatable bonds is 7. The second kappa shape index (κ2) is 7.00. The lowest BCUT2D eigenvalue weighted by Gasteiger charge is -2.07. The Hall–Kier alpha value is -1.19. The summed E-state index contributed by atoms with van der Waals surface area (Å²) in [6.07, 6.45) is 1.64. The van der Waals surface area contributed by atoms with Crippen molar-refractivity contribution >= 4 is 39.9 Å². The predicted octanol–water partition coefficient (Wildman–Crippen LogP) is 1.56. The summed E-state index contributed by atoms with van der Waals surface area (Å²) >= 11 is 2.66. The number of carboxylic acid groups (broad SMARTS) is 1. The average Bonchev–Trinajstić information content (AvgIpc) is 3.02. The lowest BCUT2D eigenvalue weighted by molar-refractivity contribution is -0.133. The number of nitrogens with zero attached hydrogens (tertiary/aromatic N) is 3. The zero-order chi connectivity index (χ0) is 14.5. The molecule has 0 aliphatic heterocycles. The Labute approximate surface area is 126 Å². The summed E-state index contributed by atoms with van der Waals surface area (Å²) in [5, 5.41) is 19.4. The van der Waals surface area contributed by atoms with Gasteiger partial charge in [0.1, 0.15) is 0 Å². The van der Waals surface area contributed by atoms with Crippen LogP contribution in [0.25, 0.3) is 10.7 Å². The standard InChI is InChI=1S/C11H13N3O3S3/c1-20(17)6-4-14-10(8-3-2-5-18-8)12-13-11(14)19-7-9(15)16/h2-3,5H,4,6-7H2,1H3,(H,15,16). The Morgan fingerprint density at radius 2 is 2.35 bits per heavy atom. The molecule has 0 aliphatic rings. The fourth-order valence-corrected chi connectivity index (χ4v) is 3.37. The number of hydrogen-bond donors (Lipinski definition) is 1. The molecule has 0 amide bonds. The third-order valence-electron chi connectivity index (χ3n) is 2.39. The summed E-state index contributed by atoms with van der Waals surface area (Å²) in [5.74, 6) is 0.203. The number of hydrogen-bond acceptors (Lipinski definition) is 6. The molecule has 2 heterocycles. The van der Waals surface area contributed by atoms with E-state index in [0.29, 0.717) is 23.3 Å². The normalized spacial score (nSPS) is 12.4. The van der Waals surface area contributed by atoms with Crippen LogP contribution in [0.4, 0.5) is 0 Å². The van der Waals surface area contributed by atoms with Gasteiger partial charge in [-0.25, -0.2) is 0 Å². The molecular weight excluding hydrogens is 318 g/mol. The zero-order valence-corrected chi connectivity index (χ0v) is 13.1. The van der Waals surface area contributed by atoms with Crippen molar-refractivity contribution < 1.29 is 14.1 Å². The van der Waals surface area contributed by atoms with Gasteiger partial charge in [0, 0.05) is 29.4 Å². The van der Waals surface area contributed by atoms with Gasteiger partial charge in [0.15, 0.2) is 11.0 Å². The summed E-state index contributed by atoms with van der Waals surface area (Å²) in [6, 6.07) is 3.85. The third-order valence-corrected chi connectivity index (χ3v) is 4.96. The van der Waals surface area contributed by atoms with Crippen LogP contribution in [-0.4, -0.2) is 47.8 Å². The van der Waals surface area contributed by atoms with Crippen molar-refractivity contribution in [2.75, 3.05) is 17.8 Å². The first-order valence-corrected chi connectivity index (χ1v) is 9.29. The largest absolute Gasteiger partial charge is 0.481 e. The minimum atomic E-state index is -0.925. The molecular formula is C11H13N3O3S3. The lowest BCUT2D eigenvalue weighted by atomic mass is 10.4. The summed E-state index contributed by atoms with van der Waals surface area (Å²) in [5.41, 5.74) is 0. The van der Waals surface area contributed by atoms with E-state index in [1.165, 1.54) is 11.3 Å². The number of thiophene rings is 1. The molecule has 2 aromatic rings. The smallest absolute Gasteiger partial charge is 0.313 e. The van der Waals surface area contributed by atoms with Crippen LogP contribution in [0.1, 0.15) is 0 Å². The highest BCUT2D eigenvalue weighted by atomic mass is 32.2. The molecule has 0 saturated carbocycles. The molecule has 6 nitrogen and oxygen atoms in total. The van der Waals surface area contributed by atoms with Crippen LogP contribution in [0, 0.1) is 0 Å². The van der Waals surface area contributed by atoms with Gasteiger partial charge >= 0.3 is 5.97 Å². The van der Waals surface area contributed by atoms with Crippen molar-refractivity contribution in [3.05, 3.63) is 17.5 Å². The maximum Gasteiger partial charge on any atom is 0.313 e. The van der Waals surface area contributed by atoms with Gasteiger partial charge in [-0.2, -0.15) is 0 Å². The fourth-order valence-electron chi connectivity index (χ4n) is 1.53. The number of aliphatic carboxylic acids is 1. The first-order valence-electron chi connectivity index (χ1n) is 5.69. The summed E-state index contributed by atoms with van der Waals surface area (Å²) in [4.78, 5) is 11.6. The fraction of sp³-hybridized carbons (Fsp3) is 0.364. The molecule has 108 valence electrons. The molecule has 0 radical (unpaired) electrons. The van der Waals surface area contributed by atoms with E-state index in [-0.39, 0.29) is 5.75 Å². The number of aromatic nitrogens is 3. The second-order valence-electron chi connectivity index (χ2n) is 3.89. The molecule has 0 fully saturated rings. The summed E-state index contributed by atoms with van der Waals surface area (Å²) in [6.45, 7) is 0.505. The van der Waals surface area contributed by atoms with Crippen LogP contribution in [-0.2, 0) is 22.1 Å². The first-order chi connectivity index (χ1) is 9.58. The molecule has 2 aromatic heterocycles. The van der Waals surface area contributed by atoms with E-state index in [4.69, 9.17) is 5.11 Å². The predicted molar refractivity (Wildman–Crippen MR) is 80.6 cm³/mol. The van der Waals surface area contributed by atoms with Crippen molar-refractivity contribution in [3.8, 4) is 10.7 Å². The highest BCUT2D eigenvalue weighted by molar-refractivity contribution is 7.99. The van der Waals surface area contributed by atoms with E-state index >= 15 is 0 Å². The van der Waals surface area contributed by atoms with E-state index in [1.807, 2.05) is 22.1 Å². The van der Waals surface area contributed by atoms with E-state index in [2.05, 4.69) is 10.2 Å². The highest BCUT2D eigenvalue weighted by Crippen LogP contribution is 2.27. The molecule has 9 heteroatoms. The van der Waals surface area contributed by atoms with Gasteiger partial charge in [0.25, 0.3) is 0 Å². The van der Waals surface area contributed by atoms with Crippen LogP contribution in [0.5, 0.6) is 0 Å². The van der Waals surface area contributed by atoms with Gasteiger partial charge in [0.2, 0.25) is 0 Å². The van der Waals surface area contributed by atoms with Gasteiger partial charge in [-0.1, -0.05) is 17.8 Å². The second-order valence-corrected chi connectivity index (χ2v) is 7.34. The molecule has 2 rings (SSSR count). The molecule has 1 unspecified atom stereocenters. The van der Waals surface area contributed by atoms with Crippen molar-refractivity contribution in [2.24, 2.45) is 0 Å². The van der Waals surface area contributed by atoms with Crippen LogP contribution >= 0.6 is 23.1 Å². The van der Waals surface area contributed by atoms with E-state index in [0.717, 1.165) is 16.6 Å². The van der Waals surface area contributed by atoms with E-state index < -0.39 is 16.8 Å². The van der Waals surface area contributed by atoms with Crippen molar-refractivity contribution in [3.63, 3.8) is 0 Å². The topological polar surface area (TPSA) is 85.1 Å². The molecule has 0 bridgehead atoms. The minimum absolute atomic E-state index is 0.0716. The van der Waals surface area contributed by atoms with Gasteiger partial charge in [-0.15, -0.1) is 21.5 Å². The monoisotopic (exact) mass is 331 g/mol. The zero-order valence-electron chi connectivity index (χ0n) is 10.7. The van der Waals surface area contributed by atoms with Crippen LogP contribution in [0.2, 0.25) is 0 Å². The molecule has 0 spiro atoms. The molecule has 20 heavy (non-hydrogen) atoms. The lowest BCUT2D eigenvalue weighted by Crippen LogP contribution is -2.10. The van der Waals surface area contributed by atoms with Crippen LogP contribution < -0.4 is 0 Å². The Balaban J connectivity index is 2.27. The van der Waals surface area contributed by atoms with E-state index in [1.54, 1.807) is 6.26 Å². The van der Waals surface area contributed by atoms with Gasteiger partial charge in [0.05, 0.1) is 10.6 Å². The molecule has 0 aromatic carbocycles. The SMILES string of the molecule is CS(=O)CCn1c(SCC(=O)O)nnc1-c1cccs1. The highest BCUT2D eigenvalue weighted by Gasteiger charge is 2.16. The van der Waals surface area contributed by atoms with Crippen LogP contribution in [0.15, 0.2) is 22.7 Å². The summed E-state index contributed by atoms with van der Waals surface area (Å²) < 4.78 is 13.1. The quantitative estimate of drug-likeness (QED) is 0.775. The van der Waals surface area contributed by atoms with Gasteiger partial charge < -0.3 is 9.67 Å².